The number of aliphatic hydroxyl groups excluding tert-OH is 1. The van der Waals surface area contributed by atoms with Gasteiger partial charge in [-0.15, -0.1) is 0 Å². The number of nitrogen functional groups attached to an aromatic ring is 1. The van der Waals surface area contributed by atoms with E-state index in [1.807, 2.05) is 25.1 Å². The van der Waals surface area contributed by atoms with Crippen LogP contribution in [0.25, 0.3) is 0 Å². The molecule has 0 unspecified atom stereocenters. The molecule has 1 amide bonds. The molecule has 33 heavy (non-hydrogen) atoms. The van der Waals surface area contributed by atoms with Gasteiger partial charge in [0.05, 0.1) is 11.1 Å². The zero-order valence-electron chi connectivity index (χ0n) is 18.1. The number of rotatable bonds is 9. The lowest BCUT2D eigenvalue weighted by Gasteiger charge is -2.18. The van der Waals surface area contributed by atoms with E-state index < -0.39 is 6.10 Å². The van der Waals surface area contributed by atoms with Crippen molar-refractivity contribution in [3.63, 3.8) is 0 Å². The van der Waals surface area contributed by atoms with Crippen LogP contribution in [-0.4, -0.2) is 33.7 Å². The van der Waals surface area contributed by atoms with Crippen molar-refractivity contribution in [1.82, 2.24) is 15.6 Å². The molecule has 0 aliphatic rings. The Bertz CT molecular complexity index is 1090. The van der Waals surface area contributed by atoms with Gasteiger partial charge in [-0.25, -0.2) is 4.98 Å². The van der Waals surface area contributed by atoms with Crippen molar-refractivity contribution in [2.45, 2.75) is 32.0 Å². The van der Waals surface area contributed by atoms with Crippen LogP contribution in [0.4, 0.5) is 5.82 Å². The number of hydrogen-bond donors (Lipinski definition) is 5. The van der Waals surface area contributed by atoms with Gasteiger partial charge in [0.2, 0.25) is 0 Å². The van der Waals surface area contributed by atoms with Crippen molar-refractivity contribution in [1.29, 1.82) is 0 Å². The molecule has 1 heterocycles. The molecule has 3 rings (SSSR count). The number of pyridine rings is 1. The summed E-state index contributed by atoms with van der Waals surface area (Å²) >= 11 is 12.0. The highest BCUT2D eigenvalue weighted by atomic mass is 35.5. The van der Waals surface area contributed by atoms with Crippen LogP contribution in [0.1, 0.15) is 40.1 Å². The summed E-state index contributed by atoms with van der Waals surface area (Å²) in [6.07, 6.45) is 1.53. The van der Waals surface area contributed by atoms with Crippen molar-refractivity contribution in [2.75, 3.05) is 12.3 Å². The number of carbonyl (C=O) groups excluding carboxylic acids is 1. The highest BCUT2D eigenvalue weighted by molar-refractivity contribution is 6.35. The second-order valence-electron chi connectivity index (χ2n) is 7.81. The van der Waals surface area contributed by atoms with E-state index in [9.17, 15) is 15.0 Å². The Balaban J connectivity index is 1.54. The quantitative estimate of drug-likeness (QED) is 0.311. The SMILES string of the molecule is C[C@H](Cc1cccc(C(=O)NCc2c(O)cc(Cl)cc2Cl)c1)NC[C@H](O)c1ccc(N)nc1. The molecule has 0 saturated carbocycles. The summed E-state index contributed by atoms with van der Waals surface area (Å²) in [5.74, 6) is 0.0526. The minimum absolute atomic E-state index is 0.0597. The van der Waals surface area contributed by atoms with E-state index in [0.717, 1.165) is 5.56 Å². The van der Waals surface area contributed by atoms with E-state index in [2.05, 4.69) is 15.6 Å². The number of halogens is 2. The number of nitrogens with one attached hydrogen (secondary N) is 2. The Kier molecular flexibility index (Phi) is 8.52. The first-order chi connectivity index (χ1) is 15.7. The van der Waals surface area contributed by atoms with Crippen molar-refractivity contribution in [3.05, 3.63) is 87.0 Å². The fourth-order valence-electron chi connectivity index (χ4n) is 3.35. The minimum atomic E-state index is -0.700. The number of phenolic OH excluding ortho intramolecular Hbond substituents is 1. The van der Waals surface area contributed by atoms with E-state index in [1.54, 1.807) is 24.4 Å². The van der Waals surface area contributed by atoms with Crippen LogP contribution in [0.5, 0.6) is 5.75 Å². The Hall–Kier alpha value is -2.84. The van der Waals surface area contributed by atoms with Crippen molar-refractivity contribution >= 4 is 34.9 Å². The lowest BCUT2D eigenvalue weighted by Crippen LogP contribution is -2.32. The first-order valence-electron chi connectivity index (χ1n) is 10.4. The predicted octanol–water partition coefficient (Wildman–Crippen LogP) is 3.86. The monoisotopic (exact) mass is 488 g/mol. The number of aromatic hydroxyl groups is 1. The molecule has 9 heteroatoms. The zero-order chi connectivity index (χ0) is 24.0. The molecule has 174 valence electrons. The first-order valence-corrected chi connectivity index (χ1v) is 11.2. The van der Waals surface area contributed by atoms with Gasteiger partial charge in [0, 0.05) is 47.0 Å². The summed E-state index contributed by atoms with van der Waals surface area (Å²) in [6, 6.07) is 13.7. The number of nitrogens with two attached hydrogens (primary N) is 1. The number of aromatic nitrogens is 1. The summed E-state index contributed by atoms with van der Waals surface area (Å²) in [7, 11) is 0. The maximum atomic E-state index is 12.6. The van der Waals surface area contributed by atoms with Crippen molar-refractivity contribution < 1.29 is 15.0 Å². The van der Waals surface area contributed by atoms with Gasteiger partial charge >= 0.3 is 0 Å². The molecule has 0 bridgehead atoms. The van der Waals surface area contributed by atoms with E-state index in [0.29, 0.717) is 40.5 Å². The fraction of sp³-hybridized carbons (Fsp3) is 0.250. The molecule has 0 radical (unpaired) electrons. The van der Waals surface area contributed by atoms with Gasteiger partial charge < -0.3 is 26.6 Å². The zero-order valence-corrected chi connectivity index (χ0v) is 19.6. The Morgan fingerprint density at radius 2 is 1.97 bits per heavy atom. The Morgan fingerprint density at radius 3 is 2.67 bits per heavy atom. The summed E-state index contributed by atoms with van der Waals surface area (Å²) in [6.45, 7) is 2.44. The predicted molar refractivity (Wildman–Crippen MR) is 131 cm³/mol. The summed E-state index contributed by atoms with van der Waals surface area (Å²) in [5.41, 5.74) is 8.14. The van der Waals surface area contributed by atoms with Crippen LogP contribution in [-0.2, 0) is 13.0 Å². The number of hydrogen-bond acceptors (Lipinski definition) is 6. The van der Waals surface area contributed by atoms with Crippen LogP contribution in [0.15, 0.2) is 54.7 Å². The van der Waals surface area contributed by atoms with Crippen LogP contribution in [0, 0.1) is 0 Å². The largest absolute Gasteiger partial charge is 0.507 e. The third kappa shape index (κ3) is 7.07. The van der Waals surface area contributed by atoms with Gasteiger partial charge in [-0.2, -0.15) is 0 Å². The standard InChI is InChI=1S/C24H26Cl2N4O3/c1-14(28-13-22(32)17-5-6-23(27)29-11-17)7-15-3-2-4-16(8-15)24(33)30-12-19-20(26)9-18(25)10-21(19)31/h2-6,8-11,14,22,28,31-32H,7,12-13H2,1H3,(H2,27,29)(H,30,33)/t14-,22+/m1/s1. The Labute approximate surface area is 202 Å². The average Bonchev–Trinajstić information content (AvgIpc) is 2.77. The highest BCUT2D eigenvalue weighted by Crippen LogP contribution is 2.29. The number of amides is 1. The molecule has 2 atom stereocenters. The van der Waals surface area contributed by atoms with Crippen LogP contribution < -0.4 is 16.4 Å². The van der Waals surface area contributed by atoms with Gasteiger partial charge in [-0.05, 0) is 49.2 Å². The van der Waals surface area contributed by atoms with Crippen LogP contribution in [0.3, 0.4) is 0 Å². The van der Waals surface area contributed by atoms with E-state index in [-0.39, 0.29) is 29.3 Å². The second kappa shape index (κ2) is 11.3. The molecule has 2 aromatic carbocycles. The maximum Gasteiger partial charge on any atom is 0.251 e. The first kappa shape index (κ1) is 24.8. The number of anilines is 1. The normalized spacial score (nSPS) is 12.8. The Morgan fingerprint density at radius 1 is 1.18 bits per heavy atom. The van der Waals surface area contributed by atoms with Crippen molar-refractivity contribution in [2.24, 2.45) is 0 Å². The number of benzene rings is 2. The molecular formula is C24H26Cl2N4O3. The molecule has 6 N–H and O–H groups in total. The summed E-state index contributed by atoms with van der Waals surface area (Å²) in [5, 5.41) is 27.0. The van der Waals surface area contributed by atoms with Gasteiger partial charge in [-0.1, -0.05) is 41.4 Å². The lowest BCUT2D eigenvalue weighted by atomic mass is 10.0. The van der Waals surface area contributed by atoms with E-state index in [1.165, 1.54) is 12.1 Å². The van der Waals surface area contributed by atoms with Gasteiger partial charge in [0.1, 0.15) is 11.6 Å². The number of nitrogens with zero attached hydrogens (tertiary/aromatic N) is 1. The van der Waals surface area contributed by atoms with E-state index in [4.69, 9.17) is 28.9 Å². The highest BCUT2D eigenvalue weighted by Gasteiger charge is 2.14. The van der Waals surface area contributed by atoms with Gasteiger partial charge in [-0.3, -0.25) is 4.79 Å². The molecule has 0 aliphatic carbocycles. The molecule has 3 aromatic rings. The summed E-state index contributed by atoms with van der Waals surface area (Å²) in [4.78, 5) is 16.6. The molecule has 0 saturated heterocycles. The third-order valence-electron chi connectivity index (χ3n) is 5.15. The molecule has 1 aromatic heterocycles. The number of carbonyl (C=O) groups is 1. The fourth-order valence-corrected chi connectivity index (χ4v) is 3.89. The molecule has 0 fully saturated rings. The van der Waals surface area contributed by atoms with Gasteiger partial charge in [0.15, 0.2) is 0 Å². The smallest absolute Gasteiger partial charge is 0.251 e. The second-order valence-corrected chi connectivity index (χ2v) is 8.66. The van der Waals surface area contributed by atoms with Gasteiger partial charge in [0.25, 0.3) is 5.91 Å². The third-order valence-corrected chi connectivity index (χ3v) is 5.70. The minimum Gasteiger partial charge on any atom is -0.507 e. The molecule has 7 nitrogen and oxygen atoms in total. The topological polar surface area (TPSA) is 120 Å². The van der Waals surface area contributed by atoms with Crippen LogP contribution in [0.2, 0.25) is 10.0 Å². The lowest BCUT2D eigenvalue weighted by molar-refractivity contribution is 0.0950. The molecule has 0 spiro atoms. The van der Waals surface area contributed by atoms with Crippen molar-refractivity contribution in [3.8, 4) is 5.75 Å². The molecule has 0 aliphatic heterocycles. The maximum absolute atomic E-state index is 12.6. The average molecular weight is 489 g/mol. The number of phenols is 1. The molecular weight excluding hydrogens is 463 g/mol. The summed E-state index contributed by atoms with van der Waals surface area (Å²) < 4.78 is 0. The van der Waals surface area contributed by atoms with E-state index >= 15 is 0 Å². The number of aliphatic hydroxyl groups is 1. The van der Waals surface area contributed by atoms with Crippen LogP contribution >= 0.6 is 23.2 Å².